The zero-order valence-electron chi connectivity index (χ0n) is 18.3. The molecule has 1 fully saturated rings. The second-order valence-corrected chi connectivity index (χ2v) is 9.03. The van der Waals surface area contributed by atoms with E-state index in [4.69, 9.17) is 13.6 Å². The molecule has 2 aromatic heterocycles. The van der Waals surface area contributed by atoms with Crippen molar-refractivity contribution < 1.29 is 18.4 Å². The zero-order chi connectivity index (χ0) is 21.6. The van der Waals surface area contributed by atoms with E-state index >= 15 is 0 Å². The molecular weight excluding hydrogens is 382 g/mol. The van der Waals surface area contributed by atoms with E-state index in [1.54, 1.807) is 6.26 Å². The largest absolute Gasteiger partial charge is 0.464 e. The fourth-order valence-corrected chi connectivity index (χ4v) is 4.50. The van der Waals surface area contributed by atoms with Crippen LogP contribution in [0.25, 0.3) is 21.9 Å². The minimum Gasteiger partial charge on any atom is -0.464 e. The summed E-state index contributed by atoms with van der Waals surface area (Å²) >= 11 is 0. The Morgan fingerprint density at radius 3 is 2.67 bits per heavy atom. The van der Waals surface area contributed by atoms with E-state index in [2.05, 4.69) is 5.32 Å². The minimum absolute atomic E-state index is 0.0473. The molecule has 1 aliphatic heterocycles. The van der Waals surface area contributed by atoms with E-state index in [9.17, 15) is 9.59 Å². The maximum Gasteiger partial charge on any atom is 0.339 e. The molecule has 30 heavy (non-hydrogen) atoms. The van der Waals surface area contributed by atoms with Gasteiger partial charge >= 0.3 is 5.63 Å². The molecule has 160 valence electrons. The lowest BCUT2D eigenvalue weighted by Gasteiger charge is -2.35. The summed E-state index contributed by atoms with van der Waals surface area (Å²) in [5, 5.41) is 5.00. The fraction of sp³-hybridized carbons (Fsp3) is 0.500. The Kier molecular flexibility index (Phi) is 5.22. The van der Waals surface area contributed by atoms with Crippen LogP contribution >= 0.6 is 0 Å². The molecule has 6 heteroatoms. The molecule has 4 rings (SSSR count). The van der Waals surface area contributed by atoms with Crippen molar-refractivity contribution in [2.24, 2.45) is 0 Å². The fourth-order valence-electron chi connectivity index (χ4n) is 4.50. The van der Waals surface area contributed by atoms with Crippen LogP contribution in [0.2, 0.25) is 0 Å². The van der Waals surface area contributed by atoms with Crippen LogP contribution in [0.5, 0.6) is 0 Å². The normalized spacial score (nSPS) is 18.8. The highest BCUT2D eigenvalue weighted by atomic mass is 16.5. The highest BCUT2D eigenvalue weighted by Crippen LogP contribution is 2.32. The summed E-state index contributed by atoms with van der Waals surface area (Å²) in [5.41, 5.74) is 3.98. The van der Waals surface area contributed by atoms with Crippen LogP contribution in [-0.4, -0.2) is 24.2 Å². The van der Waals surface area contributed by atoms with E-state index in [0.29, 0.717) is 24.2 Å². The molecule has 3 aromatic rings. The molecule has 1 amide bonds. The van der Waals surface area contributed by atoms with Gasteiger partial charge in [-0.1, -0.05) is 0 Å². The van der Waals surface area contributed by atoms with Gasteiger partial charge in [-0.25, -0.2) is 4.79 Å². The number of furan rings is 1. The van der Waals surface area contributed by atoms with Crippen molar-refractivity contribution in [2.75, 3.05) is 6.61 Å². The quantitative estimate of drug-likeness (QED) is 0.641. The van der Waals surface area contributed by atoms with Crippen molar-refractivity contribution >= 4 is 27.8 Å². The Morgan fingerprint density at radius 1 is 1.17 bits per heavy atom. The number of amides is 1. The van der Waals surface area contributed by atoms with Crippen molar-refractivity contribution in [1.82, 2.24) is 5.32 Å². The first-order valence-electron chi connectivity index (χ1n) is 10.5. The van der Waals surface area contributed by atoms with Gasteiger partial charge in [-0.3, -0.25) is 4.79 Å². The zero-order valence-corrected chi connectivity index (χ0v) is 18.3. The molecule has 6 nitrogen and oxygen atoms in total. The van der Waals surface area contributed by atoms with Crippen LogP contribution in [0.15, 0.2) is 26.0 Å². The first-order valence-corrected chi connectivity index (χ1v) is 10.5. The Bertz CT molecular complexity index is 1180. The number of carbonyl (C=O) groups excluding carboxylic acids is 1. The SMILES string of the molecule is Cc1coc2c(C)c3oc(=O)c(CCC(=O)N[C@@H]4CCOC(C)(C)C4)c(C)c3cc12. The number of carbonyl (C=O) groups is 1. The third-order valence-electron chi connectivity index (χ3n) is 6.20. The summed E-state index contributed by atoms with van der Waals surface area (Å²) in [4.78, 5) is 25.2. The van der Waals surface area contributed by atoms with Crippen molar-refractivity contribution in [3.8, 4) is 0 Å². The Hall–Kier alpha value is -2.60. The smallest absolute Gasteiger partial charge is 0.339 e. The van der Waals surface area contributed by atoms with Gasteiger partial charge in [0.1, 0.15) is 11.2 Å². The van der Waals surface area contributed by atoms with E-state index in [1.807, 2.05) is 40.7 Å². The van der Waals surface area contributed by atoms with E-state index in [-0.39, 0.29) is 29.6 Å². The monoisotopic (exact) mass is 411 g/mol. The van der Waals surface area contributed by atoms with Crippen molar-refractivity contribution in [1.29, 1.82) is 0 Å². The third-order valence-corrected chi connectivity index (χ3v) is 6.20. The number of aryl methyl sites for hydroxylation is 3. The van der Waals surface area contributed by atoms with Gasteiger partial charge in [0.15, 0.2) is 0 Å². The molecule has 0 unspecified atom stereocenters. The topological polar surface area (TPSA) is 81.7 Å². The maximum atomic E-state index is 12.7. The van der Waals surface area contributed by atoms with Gasteiger partial charge in [-0.05, 0) is 71.1 Å². The predicted octanol–water partition coefficient (Wildman–Crippen LogP) is 4.47. The summed E-state index contributed by atoms with van der Waals surface area (Å²) < 4.78 is 17.0. The van der Waals surface area contributed by atoms with Crippen LogP contribution in [0.4, 0.5) is 0 Å². The summed E-state index contributed by atoms with van der Waals surface area (Å²) in [6, 6.07) is 2.12. The second kappa shape index (κ2) is 7.58. The third kappa shape index (κ3) is 3.76. The molecule has 1 aromatic carbocycles. The van der Waals surface area contributed by atoms with Gasteiger partial charge in [-0.15, -0.1) is 0 Å². The molecule has 1 saturated heterocycles. The number of rotatable bonds is 4. The van der Waals surface area contributed by atoms with Gasteiger partial charge in [0.25, 0.3) is 0 Å². The molecule has 1 atom stereocenters. The number of nitrogens with one attached hydrogen (secondary N) is 1. The Labute approximate surface area is 175 Å². The Morgan fingerprint density at radius 2 is 1.93 bits per heavy atom. The summed E-state index contributed by atoms with van der Waals surface area (Å²) in [5.74, 6) is -0.0473. The number of hydrogen-bond donors (Lipinski definition) is 1. The average molecular weight is 411 g/mol. The molecule has 0 bridgehead atoms. The molecule has 1 N–H and O–H groups in total. The van der Waals surface area contributed by atoms with Gasteiger partial charge in [0, 0.05) is 41.0 Å². The molecular formula is C24H29NO5. The van der Waals surface area contributed by atoms with E-state index in [0.717, 1.165) is 45.9 Å². The van der Waals surface area contributed by atoms with Gasteiger partial charge in [0.05, 0.1) is 11.9 Å². The minimum atomic E-state index is -0.384. The lowest BCUT2D eigenvalue weighted by atomic mass is 9.93. The van der Waals surface area contributed by atoms with Crippen molar-refractivity contribution in [3.05, 3.63) is 45.0 Å². The summed E-state index contributed by atoms with van der Waals surface area (Å²) in [7, 11) is 0. The molecule has 0 spiro atoms. The lowest BCUT2D eigenvalue weighted by molar-refractivity contribution is -0.124. The number of ether oxygens (including phenoxy) is 1. The summed E-state index contributed by atoms with van der Waals surface area (Å²) in [6.45, 7) is 10.5. The van der Waals surface area contributed by atoms with Crippen molar-refractivity contribution in [3.63, 3.8) is 0 Å². The van der Waals surface area contributed by atoms with Crippen LogP contribution in [-0.2, 0) is 16.0 Å². The van der Waals surface area contributed by atoms with Crippen molar-refractivity contribution in [2.45, 2.75) is 71.9 Å². The summed E-state index contributed by atoms with van der Waals surface area (Å²) in [6.07, 6.45) is 3.92. The Balaban J connectivity index is 1.57. The highest BCUT2D eigenvalue weighted by Gasteiger charge is 2.29. The highest BCUT2D eigenvalue weighted by molar-refractivity contribution is 5.99. The van der Waals surface area contributed by atoms with E-state index in [1.165, 1.54) is 0 Å². The van der Waals surface area contributed by atoms with Crippen LogP contribution in [0.1, 0.15) is 55.4 Å². The van der Waals surface area contributed by atoms with Crippen LogP contribution < -0.4 is 10.9 Å². The first-order chi connectivity index (χ1) is 14.2. The maximum absolute atomic E-state index is 12.7. The van der Waals surface area contributed by atoms with Gasteiger partial charge in [0.2, 0.25) is 5.91 Å². The molecule has 3 heterocycles. The molecule has 1 aliphatic rings. The number of hydrogen-bond acceptors (Lipinski definition) is 5. The predicted molar refractivity (Wildman–Crippen MR) is 116 cm³/mol. The first kappa shape index (κ1) is 20.7. The number of fused-ring (bicyclic) bond motifs is 2. The molecule has 0 saturated carbocycles. The van der Waals surface area contributed by atoms with Crippen LogP contribution in [0.3, 0.4) is 0 Å². The van der Waals surface area contributed by atoms with Crippen LogP contribution in [0, 0.1) is 20.8 Å². The molecule has 0 radical (unpaired) electrons. The van der Waals surface area contributed by atoms with Gasteiger partial charge < -0.3 is 18.9 Å². The van der Waals surface area contributed by atoms with Gasteiger partial charge in [-0.2, -0.15) is 0 Å². The average Bonchev–Trinajstić information content (AvgIpc) is 3.03. The lowest BCUT2D eigenvalue weighted by Crippen LogP contribution is -2.45. The molecule has 0 aliphatic carbocycles. The number of benzene rings is 1. The van der Waals surface area contributed by atoms with E-state index < -0.39 is 0 Å². The standard InChI is InChI=1S/C24H29NO5/c1-13-12-28-21-15(3)22-19(10-18(13)21)14(2)17(23(27)30-22)6-7-20(26)25-16-8-9-29-24(4,5)11-16/h10,12,16H,6-9,11H2,1-5H3,(H,25,26)/t16-/m1/s1. The second-order valence-electron chi connectivity index (χ2n) is 9.03.